The monoisotopic (exact) mass is 602 g/mol. The second kappa shape index (κ2) is 17.8. The molecule has 0 aromatic heterocycles. The van der Waals surface area contributed by atoms with E-state index in [2.05, 4.69) is 30.6 Å². The molecule has 0 spiro atoms. The normalized spacial score (nSPS) is 12.9. The first-order valence-corrected chi connectivity index (χ1v) is 13.5. The summed E-state index contributed by atoms with van der Waals surface area (Å²) in [5.41, 5.74) is 24.8. The van der Waals surface area contributed by atoms with E-state index in [1.54, 1.807) is 48.5 Å². The second-order valence-corrected chi connectivity index (χ2v) is 9.37. The molecule has 0 fully saturated rings. The zero-order chi connectivity index (χ0) is 29.3. The average molecular weight is 604 g/mol. The third-order valence-corrected chi connectivity index (χ3v) is 4.82. The van der Waals surface area contributed by atoms with Crippen LogP contribution in [0.4, 0.5) is 11.4 Å². The second-order valence-electron chi connectivity index (χ2n) is 7.60. The minimum absolute atomic E-state index is 0.124. The van der Waals surface area contributed by atoms with Crippen LogP contribution in [0.25, 0.3) is 0 Å². The molecule has 17 heteroatoms. The zero-order valence-corrected chi connectivity index (χ0v) is 23.2. The molecule has 0 bridgehead atoms. The predicted molar refractivity (Wildman–Crippen MR) is 159 cm³/mol. The van der Waals surface area contributed by atoms with Crippen molar-refractivity contribution in [2.24, 2.45) is 42.9 Å². The molecular weight excluding hydrogens is 571 g/mol. The Morgan fingerprint density at radius 2 is 0.974 bits per heavy atom. The number of unbranched alkanes of at least 4 members (excludes halogenated alkanes) is 3. The summed E-state index contributed by atoms with van der Waals surface area (Å²) in [7, 11) is -4.67. The standard InChI is InChI=1S/C22H30Cl2N10.H2O4S/c23-15-5-9-17(10-6-15)31-21(27)33-19(25)29-13-3-1-2-4-14-30-20(26)34-22(28)32-18-11-7-16(24)8-12-18;1-5(2,3)4/h5-12H,1-4,13-14H2,(H5,25,27,29,31,33)(H5,26,28,30,32,34);(H2,1,2,3,4). The van der Waals surface area contributed by atoms with Crippen molar-refractivity contribution in [3.8, 4) is 0 Å². The van der Waals surface area contributed by atoms with Gasteiger partial charge in [0.2, 0.25) is 23.8 Å². The molecule has 0 heterocycles. The van der Waals surface area contributed by atoms with E-state index in [0.29, 0.717) is 23.1 Å². The molecule has 14 nitrogen and oxygen atoms in total. The van der Waals surface area contributed by atoms with Gasteiger partial charge in [-0.25, -0.2) is 0 Å². The molecule has 12 N–H and O–H groups in total. The van der Waals surface area contributed by atoms with Crippen LogP contribution in [0, 0.1) is 0 Å². The van der Waals surface area contributed by atoms with Crippen molar-refractivity contribution < 1.29 is 17.5 Å². The summed E-state index contributed by atoms with van der Waals surface area (Å²) in [4.78, 5) is 16.5. The molecule has 0 saturated heterocycles. The number of anilines is 2. The van der Waals surface area contributed by atoms with Crippen LogP contribution in [-0.2, 0) is 10.4 Å². The van der Waals surface area contributed by atoms with Crippen LogP contribution < -0.4 is 33.6 Å². The fourth-order valence-electron chi connectivity index (χ4n) is 2.70. The quantitative estimate of drug-likeness (QED) is 0.0900. The van der Waals surface area contributed by atoms with Crippen LogP contribution in [0.15, 0.2) is 68.5 Å². The van der Waals surface area contributed by atoms with E-state index in [4.69, 9.17) is 63.7 Å². The van der Waals surface area contributed by atoms with Crippen LogP contribution in [0.2, 0.25) is 10.0 Å². The van der Waals surface area contributed by atoms with Crippen molar-refractivity contribution in [1.29, 1.82) is 0 Å². The number of nitrogens with zero attached hydrogens (tertiary/aromatic N) is 4. The maximum Gasteiger partial charge on any atom is 0.394 e. The Kier molecular flexibility index (Phi) is 15.2. The van der Waals surface area contributed by atoms with E-state index < -0.39 is 10.4 Å². The SMILES string of the molecule is NC(=NCCCCCCN=C(N)/N=C(/N)Nc1ccc(Cl)cc1)/N=C(/N)Nc1ccc(Cl)cc1.O=S(=O)(O)O. The smallest absolute Gasteiger partial charge is 0.369 e. The van der Waals surface area contributed by atoms with Gasteiger partial charge in [0.1, 0.15) is 0 Å². The van der Waals surface area contributed by atoms with Crippen LogP contribution in [0.3, 0.4) is 0 Å². The highest BCUT2D eigenvalue weighted by Gasteiger charge is 1.99. The number of benzene rings is 2. The number of rotatable bonds is 9. The molecule has 0 saturated carbocycles. The Morgan fingerprint density at radius 3 is 1.28 bits per heavy atom. The Labute approximate surface area is 236 Å². The van der Waals surface area contributed by atoms with Gasteiger partial charge in [0.25, 0.3) is 0 Å². The van der Waals surface area contributed by atoms with Gasteiger partial charge in [-0.3, -0.25) is 19.1 Å². The van der Waals surface area contributed by atoms with Gasteiger partial charge in [-0.1, -0.05) is 36.0 Å². The largest absolute Gasteiger partial charge is 0.394 e. The lowest BCUT2D eigenvalue weighted by atomic mass is 10.2. The fraction of sp³-hybridized carbons (Fsp3) is 0.273. The minimum atomic E-state index is -4.67. The molecule has 2 aromatic rings. The van der Waals surface area contributed by atoms with Crippen molar-refractivity contribution in [1.82, 2.24) is 0 Å². The molecule has 39 heavy (non-hydrogen) atoms. The van der Waals surface area contributed by atoms with E-state index in [1.165, 1.54) is 0 Å². The van der Waals surface area contributed by atoms with Crippen LogP contribution in [-0.4, -0.2) is 54.5 Å². The van der Waals surface area contributed by atoms with Gasteiger partial charge in [-0.05, 0) is 61.4 Å². The number of nitrogens with two attached hydrogens (primary N) is 4. The third kappa shape index (κ3) is 19.1. The number of hydrogen-bond acceptors (Lipinski definition) is 4. The molecule has 2 rings (SSSR count). The van der Waals surface area contributed by atoms with Crippen molar-refractivity contribution in [2.75, 3.05) is 23.7 Å². The van der Waals surface area contributed by atoms with Gasteiger partial charge in [0.05, 0.1) is 0 Å². The van der Waals surface area contributed by atoms with Gasteiger partial charge in [-0.2, -0.15) is 18.4 Å². The van der Waals surface area contributed by atoms with Crippen LogP contribution >= 0.6 is 23.2 Å². The maximum absolute atomic E-state index is 8.74. The summed E-state index contributed by atoms with van der Waals surface area (Å²) in [6.45, 7) is 1.12. The Balaban J connectivity index is 0.00000139. The summed E-state index contributed by atoms with van der Waals surface area (Å²) in [6.07, 6.45) is 3.68. The number of nitrogens with one attached hydrogen (secondary N) is 2. The number of hydrogen-bond donors (Lipinski definition) is 8. The lowest BCUT2D eigenvalue weighted by Gasteiger charge is -2.05. The summed E-state index contributed by atoms with van der Waals surface area (Å²) >= 11 is 11.7. The van der Waals surface area contributed by atoms with Crippen LogP contribution in [0.5, 0.6) is 0 Å². The lowest BCUT2D eigenvalue weighted by Crippen LogP contribution is -2.26. The molecule has 0 amide bonds. The van der Waals surface area contributed by atoms with Crippen LogP contribution in [0.1, 0.15) is 25.7 Å². The summed E-state index contributed by atoms with van der Waals surface area (Å²) in [5.74, 6) is 0.564. The molecule has 0 aliphatic heterocycles. The third-order valence-electron chi connectivity index (χ3n) is 4.32. The highest BCUT2D eigenvalue weighted by Crippen LogP contribution is 2.13. The van der Waals surface area contributed by atoms with Crippen molar-refractivity contribution >= 4 is 68.8 Å². The van der Waals surface area contributed by atoms with Crippen molar-refractivity contribution in [3.05, 3.63) is 58.6 Å². The lowest BCUT2D eigenvalue weighted by molar-refractivity contribution is 0.381. The van der Waals surface area contributed by atoms with E-state index >= 15 is 0 Å². The van der Waals surface area contributed by atoms with Gasteiger partial charge >= 0.3 is 10.4 Å². The summed E-state index contributed by atoms with van der Waals surface area (Å²) in [6, 6.07) is 14.1. The molecular formula is C22H32Cl2N10O4S. The zero-order valence-electron chi connectivity index (χ0n) is 20.8. The number of guanidine groups is 4. The summed E-state index contributed by atoms with van der Waals surface area (Å²) in [5, 5.41) is 7.11. The van der Waals surface area contributed by atoms with E-state index in [-0.39, 0.29) is 23.8 Å². The first-order chi connectivity index (χ1) is 18.3. The highest BCUT2D eigenvalue weighted by atomic mass is 35.5. The molecule has 214 valence electrons. The van der Waals surface area contributed by atoms with E-state index in [0.717, 1.165) is 37.1 Å². The predicted octanol–water partition coefficient (Wildman–Crippen LogP) is 2.68. The van der Waals surface area contributed by atoms with Crippen molar-refractivity contribution in [2.45, 2.75) is 25.7 Å². The first kappa shape index (κ1) is 33.4. The Bertz CT molecular complexity index is 1160. The topological polar surface area (TPSA) is 252 Å². The molecule has 2 aromatic carbocycles. The van der Waals surface area contributed by atoms with Gasteiger partial charge < -0.3 is 33.6 Å². The average Bonchev–Trinajstić information content (AvgIpc) is 2.82. The molecule has 0 aliphatic rings. The number of halogens is 2. The Morgan fingerprint density at radius 1 is 0.667 bits per heavy atom. The highest BCUT2D eigenvalue weighted by molar-refractivity contribution is 7.79. The maximum atomic E-state index is 8.74. The molecule has 0 radical (unpaired) electrons. The summed E-state index contributed by atoms with van der Waals surface area (Å²) < 4.78 is 31.6. The molecule has 0 aliphatic carbocycles. The first-order valence-electron chi connectivity index (χ1n) is 11.3. The minimum Gasteiger partial charge on any atom is -0.369 e. The van der Waals surface area contributed by atoms with Crippen molar-refractivity contribution in [3.63, 3.8) is 0 Å². The molecule has 0 atom stereocenters. The fourth-order valence-corrected chi connectivity index (χ4v) is 2.95. The van der Waals surface area contributed by atoms with Gasteiger partial charge in [-0.15, -0.1) is 0 Å². The number of aliphatic imine (C=N–C) groups is 4. The van der Waals surface area contributed by atoms with E-state index in [9.17, 15) is 0 Å². The van der Waals surface area contributed by atoms with Gasteiger partial charge in [0, 0.05) is 34.5 Å². The van der Waals surface area contributed by atoms with Gasteiger partial charge in [0.15, 0.2) is 0 Å². The molecule has 0 unspecified atom stereocenters. The Hall–Kier alpha value is -3.63. The van der Waals surface area contributed by atoms with E-state index in [1.807, 2.05) is 0 Å².